The van der Waals surface area contributed by atoms with Gasteiger partial charge in [-0.2, -0.15) is 0 Å². The van der Waals surface area contributed by atoms with Crippen molar-refractivity contribution in [3.05, 3.63) is 48.0 Å². The predicted octanol–water partition coefficient (Wildman–Crippen LogP) is 3.49. The van der Waals surface area contributed by atoms with E-state index < -0.39 is 0 Å². The van der Waals surface area contributed by atoms with Gasteiger partial charge in [0.2, 0.25) is 5.91 Å². The van der Waals surface area contributed by atoms with Gasteiger partial charge in [0.25, 0.3) is 5.91 Å². The van der Waals surface area contributed by atoms with Crippen LogP contribution in [0.15, 0.2) is 42.5 Å². The van der Waals surface area contributed by atoms with Gasteiger partial charge in [0, 0.05) is 17.8 Å². The van der Waals surface area contributed by atoms with Gasteiger partial charge >= 0.3 is 0 Å². The molecule has 29 heavy (non-hydrogen) atoms. The van der Waals surface area contributed by atoms with E-state index in [0.29, 0.717) is 28.6 Å². The van der Waals surface area contributed by atoms with Gasteiger partial charge < -0.3 is 24.4 Å². The quantitative estimate of drug-likeness (QED) is 0.757. The molecule has 7 nitrogen and oxygen atoms in total. The molecule has 2 aromatic carbocycles. The van der Waals surface area contributed by atoms with E-state index in [1.807, 2.05) is 19.9 Å². The van der Waals surface area contributed by atoms with Crippen molar-refractivity contribution in [1.29, 1.82) is 0 Å². The first kappa shape index (κ1) is 20.3. The molecule has 2 amide bonds. The van der Waals surface area contributed by atoms with Crippen LogP contribution < -0.4 is 24.4 Å². The highest BCUT2D eigenvalue weighted by molar-refractivity contribution is 6.03. The molecule has 0 radical (unpaired) electrons. The summed E-state index contributed by atoms with van der Waals surface area (Å²) in [5.41, 5.74) is 2.03. The highest BCUT2D eigenvalue weighted by atomic mass is 16.5. The third kappa shape index (κ3) is 4.51. The molecule has 0 atom stereocenters. The number of hydrogen-bond acceptors (Lipinski definition) is 5. The van der Waals surface area contributed by atoms with Crippen molar-refractivity contribution in [2.24, 2.45) is 0 Å². The van der Waals surface area contributed by atoms with E-state index in [0.717, 1.165) is 5.56 Å². The van der Waals surface area contributed by atoms with Gasteiger partial charge in [0.1, 0.15) is 5.75 Å². The molecule has 1 N–H and O–H groups in total. The molecule has 7 heteroatoms. The Labute approximate surface area is 169 Å². The van der Waals surface area contributed by atoms with Gasteiger partial charge in [-0.25, -0.2) is 0 Å². The minimum absolute atomic E-state index is 0.0129. The first-order chi connectivity index (χ1) is 13.9. The number of hydrogen-bond donors (Lipinski definition) is 1. The standard InChI is InChI=1S/C22H24N2O5/c1-14(2)24-17-12-16(7-9-18(17)29-13-22(24)26)23-21(25)10-6-15-5-8-19(27-3)20(11-15)28-4/h5-12,14H,13H2,1-4H3,(H,23,25)/b10-6+. The maximum atomic E-state index is 12.3. The van der Waals surface area contributed by atoms with Gasteiger partial charge in [0.05, 0.1) is 19.9 Å². The van der Waals surface area contributed by atoms with E-state index in [4.69, 9.17) is 14.2 Å². The molecular weight excluding hydrogens is 372 g/mol. The summed E-state index contributed by atoms with van der Waals surface area (Å²) in [5, 5.41) is 2.81. The monoisotopic (exact) mass is 396 g/mol. The fourth-order valence-electron chi connectivity index (χ4n) is 3.13. The highest BCUT2D eigenvalue weighted by Crippen LogP contribution is 2.35. The van der Waals surface area contributed by atoms with Crippen LogP contribution in [0.3, 0.4) is 0 Å². The number of nitrogens with zero attached hydrogens (tertiary/aromatic N) is 1. The normalized spacial score (nSPS) is 13.3. The van der Waals surface area contributed by atoms with E-state index in [-0.39, 0.29) is 24.5 Å². The number of nitrogens with one attached hydrogen (secondary N) is 1. The average Bonchev–Trinajstić information content (AvgIpc) is 2.71. The molecule has 0 bridgehead atoms. The number of carbonyl (C=O) groups excluding carboxylic acids is 2. The molecule has 0 spiro atoms. The average molecular weight is 396 g/mol. The number of fused-ring (bicyclic) bond motifs is 1. The first-order valence-corrected chi connectivity index (χ1v) is 9.23. The summed E-state index contributed by atoms with van der Waals surface area (Å²) in [5.74, 6) is 1.43. The second-order valence-electron chi connectivity index (χ2n) is 6.77. The SMILES string of the molecule is COc1ccc(/C=C/C(=O)Nc2ccc3c(c2)N(C(C)C)C(=O)CO3)cc1OC. The van der Waals surface area contributed by atoms with E-state index in [9.17, 15) is 9.59 Å². The van der Waals surface area contributed by atoms with Crippen molar-refractivity contribution < 1.29 is 23.8 Å². The summed E-state index contributed by atoms with van der Waals surface area (Å²) in [6, 6.07) is 10.6. The number of amides is 2. The van der Waals surface area contributed by atoms with E-state index in [1.165, 1.54) is 6.08 Å². The molecule has 0 saturated carbocycles. The first-order valence-electron chi connectivity index (χ1n) is 9.23. The Morgan fingerprint density at radius 2 is 1.90 bits per heavy atom. The zero-order valence-electron chi connectivity index (χ0n) is 16.9. The lowest BCUT2D eigenvalue weighted by atomic mass is 10.1. The molecule has 1 aliphatic heterocycles. The van der Waals surface area contributed by atoms with Crippen LogP contribution in [0, 0.1) is 0 Å². The Bertz CT molecular complexity index is 952. The number of rotatable bonds is 6. The third-order valence-electron chi connectivity index (χ3n) is 4.46. The Balaban J connectivity index is 1.75. The van der Waals surface area contributed by atoms with Crippen LogP contribution in [0.5, 0.6) is 17.2 Å². The fraction of sp³-hybridized carbons (Fsp3) is 0.273. The van der Waals surface area contributed by atoms with Crippen LogP contribution >= 0.6 is 0 Å². The van der Waals surface area contributed by atoms with Gasteiger partial charge in [-0.1, -0.05) is 6.07 Å². The van der Waals surface area contributed by atoms with Crippen LogP contribution in [0.1, 0.15) is 19.4 Å². The smallest absolute Gasteiger partial charge is 0.265 e. The molecule has 1 heterocycles. The van der Waals surface area contributed by atoms with Crippen LogP contribution in [0.4, 0.5) is 11.4 Å². The van der Waals surface area contributed by atoms with Crippen molar-refractivity contribution in [1.82, 2.24) is 0 Å². The Kier molecular flexibility index (Phi) is 6.07. The van der Waals surface area contributed by atoms with Crippen LogP contribution in [-0.2, 0) is 9.59 Å². The maximum absolute atomic E-state index is 12.3. The zero-order valence-corrected chi connectivity index (χ0v) is 16.9. The Morgan fingerprint density at radius 3 is 2.59 bits per heavy atom. The minimum atomic E-state index is -0.293. The molecule has 1 aliphatic rings. The van der Waals surface area contributed by atoms with Crippen molar-refractivity contribution >= 4 is 29.3 Å². The minimum Gasteiger partial charge on any atom is -0.493 e. The van der Waals surface area contributed by atoms with E-state index >= 15 is 0 Å². The summed E-state index contributed by atoms with van der Waals surface area (Å²) in [6.07, 6.45) is 3.12. The lowest BCUT2D eigenvalue weighted by Gasteiger charge is -2.32. The molecule has 0 saturated heterocycles. The Hall–Kier alpha value is -3.48. The predicted molar refractivity (Wildman–Crippen MR) is 112 cm³/mol. The largest absolute Gasteiger partial charge is 0.493 e. The molecule has 0 aliphatic carbocycles. The number of benzene rings is 2. The second-order valence-corrected chi connectivity index (χ2v) is 6.77. The summed E-state index contributed by atoms with van der Waals surface area (Å²) in [7, 11) is 3.13. The fourth-order valence-corrected chi connectivity index (χ4v) is 3.13. The lowest BCUT2D eigenvalue weighted by molar-refractivity contribution is -0.121. The van der Waals surface area contributed by atoms with Crippen molar-refractivity contribution in [3.8, 4) is 17.2 Å². The van der Waals surface area contributed by atoms with Gasteiger partial charge in [0.15, 0.2) is 18.1 Å². The Morgan fingerprint density at radius 1 is 1.14 bits per heavy atom. The molecule has 152 valence electrons. The number of ether oxygens (including phenoxy) is 3. The van der Waals surface area contributed by atoms with E-state index in [1.54, 1.807) is 55.5 Å². The lowest BCUT2D eigenvalue weighted by Crippen LogP contribution is -2.43. The molecular formula is C22H24N2O5. The van der Waals surface area contributed by atoms with Crippen LogP contribution in [0.2, 0.25) is 0 Å². The molecule has 0 fully saturated rings. The third-order valence-corrected chi connectivity index (χ3v) is 4.46. The van der Waals surface area contributed by atoms with Gasteiger partial charge in [-0.05, 0) is 55.8 Å². The van der Waals surface area contributed by atoms with Gasteiger partial charge in [-0.15, -0.1) is 0 Å². The summed E-state index contributed by atoms with van der Waals surface area (Å²) in [4.78, 5) is 26.2. The van der Waals surface area contributed by atoms with Crippen molar-refractivity contribution in [2.75, 3.05) is 31.0 Å². The molecule has 0 unspecified atom stereocenters. The summed E-state index contributed by atoms with van der Waals surface area (Å²) < 4.78 is 16.0. The topological polar surface area (TPSA) is 77.1 Å². The summed E-state index contributed by atoms with van der Waals surface area (Å²) in [6.45, 7) is 3.89. The number of anilines is 2. The molecule has 0 aromatic heterocycles. The zero-order chi connectivity index (χ0) is 21.0. The number of methoxy groups -OCH3 is 2. The maximum Gasteiger partial charge on any atom is 0.265 e. The molecule has 2 aromatic rings. The molecule has 3 rings (SSSR count). The van der Waals surface area contributed by atoms with Crippen molar-refractivity contribution in [3.63, 3.8) is 0 Å². The summed E-state index contributed by atoms with van der Waals surface area (Å²) >= 11 is 0. The van der Waals surface area contributed by atoms with Crippen molar-refractivity contribution in [2.45, 2.75) is 19.9 Å². The van der Waals surface area contributed by atoms with E-state index in [2.05, 4.69) is 5.32 Å². The second kappa shape index (κ2) is 8.68. The van der Waals surface area contributed by atoms with Gasteiger partial charge in [-0.3, -0.25) is 9.59 Å². The van der Waals surface area contributed by atoms with Crippen LogP contribution in [0.25, 0.3) is 6.08 Å². The highest BCUT2D eigenvalue weighted by Gasteiger charge is 2.27. The number of carbonyl (C=O) groups is 2. The van der Waals surface area contributed by atoms with Crippen LogP contribution in [-0.4, -0.2) is 38.7 Å².